The topological polar surface area (TPSA) is 54.5 Å². The Hall–Kier alpha value is -1.69. The molecule has 0 aromatic carbocycles. The van der Waals surface area contributed by atoms with Crippen molar-refractivity contribution in [1.29, 1.82) is 0 Å². The van der Waals surface area contributed by atoms with Gasteiger partial charge in [-0.1, -0.05) is 0 Å². The Labute approximate surface area is 118 Å². The van der Waals surface area contributed by atoms with E-state index in [2.05, 4.69) is 10.3 Å². The third-order valence-electron chi connectivity index (χ3n) is 3.44. The normalized spacial score (nSPS) is 18.1. The summed E-state index contributed by atoms with van der Waals surface area (Å²) in [6.45, 7) is 3.74. The van der Waals surface area contributed by atoms with Crippen molar-refractivity contribution < 1.29 is 13.9 Å². The molecule has 0 spiro atoms. The van der Waals surface area contributed by atoms with E-state index in [1.165, 1.54) is 6.07 Å². The molecular weight excluding hydrogens is 261 g/mol. The minimum absolute atomic E-state index is 0.0819. The number of carbonyl (C=O) groups excluding carboxylic acids is 1. The minimum atomic E-state index is -0.513. The minimum Gasteiger partial charge on any atom is -0.376 e. The van der Waals surface area contributed by atoms with E-state index in [1.54, 1.807) is 11.9 Å². The number of rotatable bonds is 5. The molecule has 1 aromatic rings. The van der Waals surface area contributed by atoms with Crippen LogP contribution in [-0.2, 0) is 4.74 Å². The molecule has 1 saturated heterocycles. The van der Waals surface area contributed by atoms with Crippen molar-refractivity contribution in [3.05, 3.63) is 23.6 Å². The summed E-state index contributed by atoms with van der Waals surface area (Å²) in [5.41, 5.74) is 0.257. The van der Waals surface area contributed by atoms with Crippen molar-refractivity contribution >= 4 is 11.7 Å². The molecule has 5 nitrogen and oxygen atoms in total. The van der Waals surface area contributed by atoms with Gasteiger partial charge in [-0.05, 0) is 25.8 Å². The van der Waals surface area contributed by atoms with Gasteiger partial charge in [0.15, 0.2) is 0 Å². The molecule has 0 radical (unpaired) electrons. The second-order valence-corrected chi connectivity index (χ2v) is 4.78. The molecule has 2 rings (SSSR count). The summed E-state index contributed by atoms with van der Waals surface area (Å²) >= 11 is 0. The standard InChI is InChI=1S/C14H20FN3O2/c1-3-18(9-11-5-4-6-20-11)14(19)12-7-10(15)8-17-13(12)16-2/h7-8,11H,3-6,9H2,1-2H3,(H,16,17). The van der Waals surface area contributed by atoms with Gasteiger partial charge in [0.1, 0.15) is 11.6 Å². The summed E-state index contributed by atoms with van der Waals surface area (Å²) in [4.78, 5) is 18.1. The molecule has 20 heavy (non-hydrogen) atoms. The number of likely N-dealkylation sites (N-methyl/N-ethyl adjacent to an activating group) is 1. The highest BCUT2D eigenvalue weighted by atomic mass is 19.1. The number of nitrogens with one attached hydrogen (secondary N) is 1. The molecule has 0 saturated carbocycles. The monoisotopic (exact) mass is 281 g/mol. The summed E-state index contributed by atoms with van der Waals surface area (Å²) in [7, 11) is 1.66. The molecule has 1 aliphatic heterocycles. The number of halogens is 1. The lowest BCUT2D eigenvalue weighted by Gasteiger charge is -2.24. The largest absolute Gasteiger partial charge is 0.376 e. The van der Waals surface area contributed by atoms with Crippen LogP contribution in [0.3, 0.4) is 0 Å². The predicted octanol–water partition coefficient (Wildman–Crippen LogP) is 1.90. The van der Waals surface area contributed by atoms with Gasteiger partial charge in [0.25, 0.3) is 5.91 Å². The second-order valence-electron chi connectivity index (χ2n) is 4.78. The molecule has 110 valence electrons. The molecule has 6 heteroatoms. The van der Waals surface area contributed by atoms with Crippen LogP contribution in [0.25, 0.3) is 0 Å². The molecule has 1 unspecified atom stereocenters. The Morgan fingerprint density at radius 2 is 2.45 bits per heavy atom. The van der Waals surface area contributed by atoms with E-state index < -0.39 is 5.82 Å². The van der Waals surface area contributed by atoms with Gasteiger partial charge in [0.05, 0.1) is 17.9 Å². The van der Waals surface area contributed by atoms with Gasteiger partial charge in [-0.2, -0.15) is 0 Å². The number of hydrogen-bond acceptors (Lipinski definition) is 4. The molecule has 2 heterocycles. The Balaban J connectivity index is 2.16. The SMILES string of the molecule is CCN(CC1CCCO1)C(=O)c1cc(F)cnc1NC. The van der Waals surface area contributed by atoms with Crippen molar-refractivity contribution in [2.24, 2.45) is 0 Å². The molecule has 1 atom stereocenters. The number of ether oxygens (including phenoxy) is 1. The molecule has 1 amide bonds. The Morgan fingerprint density at radius 1 is 1.65 bits per heavy atom. The molecule has 0 aliphatic carbocycles. The summed E-state index contributed by atoms with van der Waals surface area (Å²) in [6.07, 6.45) is 3.17. The zero-order valence-corrected chi connectivity index (χ0v) is 11.9. The summed E-state index contributed by atoms with van der Waals surface area (Å²) in [5, 5.41) is 2.82. The van der Waals surface area contributed by atoms with Crippen LogP contribution in [0.2, 0.25) is 0 Å². The van der Waals surface area contributed by atoms with Crippen LogP contribution in [-0.4, -0.2) is 48.6 Å². The summed E-state index contributed by atoms with van der Waals surface area (Å²) < 4.78 is 18.9. The molecule has 1 aromatic heterocycles. The molecule has 1 aliphatic rings. The number of amides is 1. The first kappa shape index (κ1) is 14.7. The Morgan fingerprint density at radius 3 is 3.05 bits per heavy atom. The van der Waals surface area contributed by atoms with Gasteiger partial charge in [0, 0.05) is 26.7 Å². The maximum Gasteiger partial charge on any atom is 0.257 e. The number of nitrogens with zero attached hydrogens (tertiary/aromatic N) is 2. The van der Waals surface area contributed by atoms with Crippen LogP contribution in [0.4, 0.5) is 10.2 Å². The fourth-order valence-electron chi connectivity index (χ4n) is 2.36. The van der Waals surface area contributed by atoms with Crippen molar-refractivity contribution in [2.45, 2.75) is 25.9 Å². The molecule has 1 N–H and O–H groups in total. The first-order valence-electron chi connectivity index (χ1n) is 6.89. The van der Waals surface area contributed by atoms with Gasteiger partial charge < -0.3 is 15.0 Å². The van der Waals surface area contributed by atoms with E-state index in [-0.39, 0.29) is 17.6 Å². The maximum atomic E-state index is 13.3. The summed E-state index contributed by atoms with van der Waals surface area (Å²) in [6, 6.07) is 1.22. The van der Waals surface area contributed by atoms with E-state index in [4.69, 9.17) is 4.74 Å². The Kier molecular flexibility index (Phi) is 4.89. The first-order valence-corrected chi connectivity index (χ1v) is 6.89. The predicted molar refractivity (Wildman–Crippen MR) is 74.3 cm³/mol. The van der Waals surface area contributed by atoms with Crippen LogP contribution < -0.4 is 5.32 Å². The zero-order valence-electron chi connectivity index (χ0n) is 11.9. The number of aromatic nitrogens is 1. The average molecular weight is 281 g/mol. The fourth-order valence-corrected chi connectivity index (χ4v) is 2.36. The van der Waals surface area contributed by atoms with Crippen LogP contribution in [0.5, 0.6) is 0 Å². The van der Waals surface area contributed by atoms with Crippen molar-refractivity contribution in [3.63, 3.8) is 0 Å². The van der Waals surface area contributed by atoms with Gasteiger partial charge in [-0.15, -0.1) is 0 Å². The lowest BCUT2D eigenvalue weighted by atomic mass is 10.2. The van der Waals surface area contributed by atoms with Gasteiger partial charge in [-0.3, -0.25) is 4.79 Å². The highest BCUT2D eigenvalue weighted by Crippen LogP contribution is 2.18. The summed E-state index contributed by atoms with van der Waals surface area (Å²) in [5.74, 6) is -0.345. The molecular formula is C14H20FN3O2. The van der Waals surface area contributed by atoms with Gasteiger partial charge >= 0.3 is 0 Å². The number of anilines is 1. The van der Waals surface area contributed by atoms with Crippen LogP contribution in [0.15, 0.2) is 12.3 Å². The van der Waals surface area contributed by atoms with Crippen molar-refractivity contribution in [2.75, 3.05) is 32.1 Å². The molecule has 1 fully saturated rings. The van der Waals surface area contributed by atoms with Crippen molar-refractivity contribution in [3.8, 4) is 0 Å². The van der Waals surface area contributed by atoms with Crippen LogP contribution >= 0.6 is 0 Å². The van der Waals surface area contributed by atoms with E-state index in [9.17, 15) is 9.18 Å². The lowest BCUT2D eigenvalue weighted by molar-refractivity contribution is 0.0539. The number of carbonyl (C=O) groups is 1. The van der Waals surface area contributed by atoms with E-state index in [0.717, 1.165) is 25.6 Å². The first-order chi connectivity index (χ1) is 9.65. The Bertz CT molecular complexity index is 475. The van der Waals surface area contributed by atoms with Crippen LogP contribution in [0.1, 0.15) is 30.1 Å². The van der Waals surface area contributed by atoms with Gasteiger partial charge in [0.2, 0.25) is 0 Å². The van der Waals surface area contributed by atoms with Crippen LogP contribution in [0, 0.1) is 5.82 Å². The van der Waals surface area contributed by atoms with E-state index >= 15 is 0 Å². The van der Waals surface area contributed by atoms with Gasteiger partial charge in [-0.25, -0.2) is 9.37 Å². The highest BCUT2D eigenvalue weighted by molar-refractivity contribution is 5.98. The highest BCUT2D eigenvalue weighted by Gasteiger charge is 2.24. The third-order valence-corrected chi connectivity index (χ3v) is 3.44. The number of pyridine rings is 1. The lowest BCUT2D eigenvalue weighted by Crippen LogP contribution is -2.37. The second kappa shape index (κ2) is 6.65. The third kappa shape index (κ3) is 3.25. The fraction of sp³-hybridized carbons (Fsp3) is 0.571. The maximum absolute atomic E-state index is 13.3. The van der Waals surface area contributed by atoms with E-state index in [1.807, 2.05) is 6.92 Å². The smallest absolute Gasteiger partial charge is 0.257 e. The quantitative estimate of drug-likeness (QED) is 0.895. The zero-order chi connectivity index (χ0) is 14.5. The van der Waals surface area contributed by atoms with E-state index in [0.29, 0.717) is 18.9 Å². The average Bonchev–Trinajstić information content (AvgIpc) is 2.97. The van der Waals surface area contributed by atoms with Crippen molar-refractivity contribution in [1.82, 2.24) is 9.88 Å². The number of hydrogen-bond donors (Lipinski definition) is 1. The molecule has 0 bridgehead atoms.